The van der Waals surface area contributed by atoms with Gasteiger partial charge in [-0.05, 0) is 6.42 Å². The van der Waals surface area contributed by atoms with Crippen molar-refractivity contribution in [3.8, 4) is 0 Å². The van der Waals surface area contributed by atoms with Gasteiger partial charge in [0.25, 0.3) is 11.8 Å². The Morgan fingerprint density at radius 1 is 1.38 bits per heavy atom. The van der Waals surface area contributed by atoms with Gasteiger partial charge < -0.3 is 14.5 Å². The Hall–Kier alpha value is -2.95. The molecule has 2 aromatic rings. The third-order valence-corrected chi connectivity index (χ3v) is 4.37. The number of aromatic amines is 2. The normalized spacial score (nSPS) is 13.6. The third kappa shape index (κ3) is 3.25. The summed E-state index contributed by atoms with van der Waals surface area (Å²) in [4.78, 5) is 42.0. The fraction of sp³-hybridized carbons (Fsp3) is 0.533. The molecule has 2 aromatic heterocycles. The summed E-state index contributed by atoms with van der Waals surface area (Å²) in [6.45, 7) is 1.59. The molecule has 0 bridgehead atoms. The van der Waals surface area contributed by atoms with E-state index in [-0.39, 0.29) is 24.2 Å². The molecule has 2 N–H and O–H groups in total. The molecule has 11 heteroatoms. The molecule has 0 spiro atoms. The molecule has 140 valence electrons. The van der Waals surface area contributed by atoms with Gasteiger partial charge in [0, 0.05) is 39.9 Å². The van der Waals surface area contributed by atoms with E-state index in [4.69, 9.17) is 4.74 Å². The predicted octanol–water partition coefficient (Wildman–Crippen LogP) is -1.25. The summed E-state index contributed by atoms with van der Waals surface area (Å²) < 4.78 is 6.06. The number of H-pyrrole nitrogens is 2. The molecule has 0 atom stereocenters. The molecule has 0 saturated heterocycles. The van der Waals surface area contributed by atoms with Crippen LogP contribution >= 0.6 is 0 Å². The van der Waals surface area contributed by atoms with E-state index in [2.05, 4.69) is 20.3 Å². The molecule has 0 aliphatic carbocycles. The highest BCUT2D eigenvalue weighted by Gasteiger charge is 2.30. The van der Waals surface area contributed by atoms with E-state index in [1.54, 1.807) is 24.0 Å². The average molecular weight is 363 g/mol. The maximum Gasteiger partial charge on any atom is 0.343 e. The summed E-state index contributed by atoms with van der Waals surface area (Å²) in [5.74, 6) is -0.558. The Labute approximate surface area is 148 Å². The minimum atomic E-state index is -0.445. The molecular formula is C15H21N7O4. The van der Waals surface area contributed by atoms with Crippen molar-refractivity contribution in [3.05, 3.63) is 33.3 Å². The molecule has 0 radical (unpaired) electrons. The van der Waals surface area contributed by atoms with Crippen molar-refractivity contribution in [2.75, 3.05) is 33.9 Å². The van der Waals surface area contributed by atoms with E-state index in [0.29, 0.717) is 37.5 Å². The molecule has 0 saturated carbocycles. The van der Waals surface area contributed by atoms with Crippen LogP contribution in [0.3, 0.4) is 0 Å². The van der Waals surface area contributed by atoms with Crippen LogP contribution in [0.4, 0.5) is 0 Å². The fourth-order valence-electron chi connectivity index (χ4n) is 2.83. The van der Waals surface area contributed by atoms with Gasteiger partial charge in [0.05, 0.1) is 18.8 Å². The summed E-state index contributed by atoms with van der Waals surface area (Å²) in [6, 6.07) is 0. The SMILES string of the molecule is COCCN(C)C(=O)c1n[nH]c2c1CCN(C(=O)c1nn(C)c(=O)[nH]1)C2. The molecule has 1 aliphatic heterocycles. The summed E-state index contributed by atoms with van der Waals surface area (Å²) in [7, 11) is 4.74. The zero-order chi connectivity index (χ0) is 18.8. The van der Waals surface area contributed by atoms with E-state index < -0.39 is 5.69 Å². The number of rotatable bonds is 5. The first-order chi connectivity index (χ1) is 12.4. The van der Waals surface area contributed by atoms with Crippen LogP contribution in [0.5, 0.6) is 0 Å². The highest BCUT2D eigenvalue weighted by atomic mass is 16.5. The van der Waals surface area contributed by atoms with Gasteiger partial charge in [-0.1, -0.05) is 0 Å². The van der Waals surface area contributed by atoms with Crippen molar-refractivity contribution in [2.45, 2.75) is 13.0 Å². The lowest BCUT2D eigenvalue weighted by atomic mass is 10.0. The van der Waals surface area contributed by atoms with Crippen LogP contribution in [-0.2, 0) is 24.8 Å². The third-order valence-electron chi connectivity index (χ3n) is 4.37. The molecule has 1 aliphatic rings. The zero-order valence-electron chi connectivity index (χ0n) is 14.9. The van der Waals surface area contributed by atoms with Gasteiger partial charge in [-0.2, -0.15) is 5.10 Å². The number of hydrogen-bond donors (Lipinski definition) is 2. The van der Waals surface area contributed by atoms with Crippen molar-refractivity contribution >= 4 is 11.8 Å². The van der Waals surface area contributed by atoms with Crippen molar-refractivity contribution in [2.24, 2.45) is 7.05 Å². The molecular weight excluding hydrogens is 342 g/mol. The number of fused-ring (bicyclic) bond motifs is 1. The Morgan fingerprint density at radius 3 is 2.81 bits per heavy atom. The second kappa shape index (κ2) is 7.12. The van der Waals surface area contributed by atoms with E-state index in [0.717, 1.165) is 10.2 Å². The molecule has 3 rings (SSSR count). The molecule has 3 heterocycles. The summed E-state index contributed by atoms with van der Waals surface area (Å²) in [6.07, 6.45) is 0.494. The Bertz CT molecular complexity index is 881. The molecule has 0 aromatic carbocycles. The lowest BCUT2D eigenvalue weighted by Gasteiger charge is -2.26. The first-order valence-corrected chi connectivity index (χ1v) is 8.15. The standard InChI is InChI=1S/C15H21N7O4/c1-20(6-7-26-3)13(23)11-9-4-5-22(8-10(9)17-18-11)14(24)12-16-15(25)21(2)19-12/h4-8H2,1-3H3,(H,17,18)(H,16,19,25). The van der Waals surface area contributed by atoms with Crippen LogP contribution in [0.2, 0.25) is 0 Å². The van der Waals surface area contributed by atoms with Crippen LogP contribution in [0.15, 0.2) is 4.79 Å². The Balaban J connectivity index is 1.74. The van der Waals surface area contributed by atoms with Crippen LogP contribution in [-0.4, -0.2) is 80.4 Å². The number of nitrogens with one attached hydrogen (secondary N) is 2. The summed E-state index contributed by atoms with van der Waals surface area (Å²) in [5, 5.41) is 10.9. The second-order valence-corrected chi connectivity index (χ2v) is 6.13. The number of hydrogen-bond acceptors (Lipinski definition) is 6. The predicted molar refractivity (Wildman–Crippen MR) is 89.7 cm³/mol. The number of aryl methyl sites for hydroxylation is 1. The number of aromatic nitrogens is 5. The molecule has 26 heavy (non-hydrogen) atoms. The lowest BCUT2D eigenvalue weighted by Crippen LogP contribution is -2.37. The number of likely N-dealkylation sites (N-methyl/N-ethyl adjacent to an activating group) is 1. The lowest BCUT2D eigenvalue weighted by molar-refractivity contribution is 0.0718. The van der Waals surface area contributed by atoms with Crippen LogP contribution in [0.1, 0.15) is 32.4 Å². The maximum absolute atomic E-state index is 12.5. The smallest absolute Gasteiger partial charge is 0.343 e. The van der Waals surface area contributed by atoms with Crippen molar-refractivity contribution < 1.29 is 14.3 Å². The van der Waals surface area contributed by atoms with Gasteiger partial charge in [0.1, 0.15) is 0 Å². The zero-order valence-corrected chi connectivity index (χ0v) is 14.9. The minimum absolute atomic E-state index is 0.00364. The number of carbonyl (C=O) groups is 2. The molecule has 11 nitrogen and oxygen atoms in total. The van der Waals surface area contributed by atoms with E-state index in [9.17, 15) is 14.4 Å². The van der Waals surface area contributed by atoms with Crippen molar-refractivity contribution in [1.29, 1.82) is 0 Å². The van der Waals surface area contributed by atoms with Gasteiger partial charge in [0.2, 0.25) is 5.82 Å². The first-order valence-electron chi connectivity index (χ1n) is 8.15. The van der Waals surface area contributed by atoms with Gasteiger partial charge in [-0.25, -0.2) is 9.48 Å². The van der Waals surface area contributed by atoms with E-state index in [1.165, 1.54) is 7.05 Å². The second-order valence-electron chi connectivity index (χ2n) is 6.13. The van der Waals surface area contributed by atoms with Crippen LogP contribution in [0, 0.1) is 0 Å². The number of amides is 2. The molecule has 0 fully saturated rings. The topological polar surface area (TPSA) is 129 Å². The highest BCUT2D eigenvalue weighted by Crippen LogP contribution is 2.22. The van der Waals surface area contributed by atoms with Crippen LogP contribution in [0.25, 0.3) is 0 Å². The monoisotopic (exact) mass is 363 g/mol. The highest BCUT2D eigenvalue weighted by molar-refractivity contribution is 5.94. The number of methoxy groups -OCH3 is 1. The quantitative estimate of drug-likeness (QED) is 0.683. The maximum atomic E-state index is 12.5. The molecule has 0 unspecified atom stereocenters. The van der Waals surface area contributed by atoms with Crippen molar-refractivity contribution in [1.82, 2.24) is 34.8 Å². The largest absolute Gasteiger partial charge is 0.383 e. The minimum Gasteiger partial charge on any atom is -0.383 e. The van der Waals surface area contributed by atoms with E-state index in [1.807, 2.05) is 0 Å². The number of ether oxygens (including phenoxy) is 1. The van der Waals surface area contributed by atoms with Gasteiger partial charge >= 0.3 is 5.69 Å². The fourth-order valence-corrected chi connectivity index (χ4v) is 2.83. The van der Waals surface area contributed by atoms with E-state index >= 15 is 0 Å². The summed E-state index contributed by atoms with van der Waals surface area (Å²) >= 11 is 0. The average Bonchev–Trinajstić information content (AvgIpc) is 3.21. The number of nitrogens with zero attached hydrogens (tertiary/aromatic N) is 5. The van der Waals surface area contributed by atoms with Gasteiger partial charge in [-0.3, -0.25) is 19.7 Å². The Kier molecular flexibility index (Phi) is 4.89. The van der Waals surface area contributed by atoms with Gasteiger partial charge in [0.15, 0.2) is 5.69 Å². The van der Waals surface area contributed by atoms with Gasteiger partial charge in [-0.15, -0.1) is 5.10 Å². The van der Waals surface area contributed by atoms with Crippen LogP contribution < -0.4 is 5.69 Å². The molecule has 2 amide bonds. The first kappa shape index (κ1) is 17.9. The summed E-state index contributed by atoms with van der Waals surface area (Å²) in [5.41, 5.74) is 1.46. The Morgan fingerprint density at radius 2 is 2.15 bits per heavy atom. The van der Waals surface area contributed by atoms with Crippen molar-refractivity contribution in [3.63, 3.8) is 0 Å². The number of carbonyl (C=O) groups excluding carboxylic acids is 2.